The van der Waals surface area contributed by atoms with E-state index in [2.05, 4.69) is 14.7 Å². The lowest BCUT2D eigenvalue weighted by atomic mass is 10.1. The van der Waals surface area contributed by atoms with Crippen molar-refractivity contribution in [1.82, 2.24) is 9.97 Å². The Balaban J connectivity index is 0.000000207. The van der Waals surface area contributed by atoms with Crippen LogP contribution in [0.1, 0.15) is 70.0 Å². The number of ether oxygens (including phenoxy) is 4. The third-order valence-electron chi connectivity index (χ3n) is 9.32. The van der Waals surface area contributed by atoms with Gasteiger partial charge in [-0.25, -0.2) is 9.59 Å². The Hall–Kier alpha value is -6.40. The van der Waals surface area contributed by atoms with Crippen molar-refractivity contribution in [3.05, 3.63) is 129 Å². The zero-order chi connectivity index (χ0) is 44.2. The highest BCUT2D eigenvalue weighted by molar-refractivity contribution is 7.09. The Bertz CT molecular complexity index is 2350. The molecule has 2 N–H and O–H groups in total. The van der Waals surface area contributed by atoms with Gasteiger partial charge in [-0.1, -0.05) is 0 Å². The van der Waals surface area contributed by atoms with Gasteiger partial charge in [-0.15, -0.1) is 22.7 Å². The number of rotatable bonds is 18. The summed E-state index contributed by atoms with van der Waals surface area (Å²) in [5.74, 6) is -1.62. The highest BCUT2D eigenvalue weighted by atomic mass is 32.1. The molecule has 0 amide bonds. The van der Waals surface area contributed by atoms with Gasteiger partial charge in [0.25, 0.3) is 0 Å². The summed E-state index contributed by atoms with van der Waals surface area (Å²) in [4.78, 5) is 36.4. The number of carboxylic acid groups (broad SMARTS) is 2. The van der Waals surface area contributed by atoms with Gasteiger partial charge in [0.2, 0.25) is 0 Å². The first-order valence-electron chi connectivity index (χ1n) is 19.3. The Morgan fingerprint density at radius 3 is 1.44 bits per heavy atom. The third kappa shape index (κ3) is 12.6. The van der Waals surface area contributed by atoms with Crippen LogP contribution in [0.4, 0.5) is 40.3 Å². The molecule has 0 bridgehead atoms. The topological polar surface area (TPSA) is 144 Å². The molecule has 4 aromatic carbocycles. The van der Waals surface area contributed by atoms with Crippen molar-refractivity contribution < 1.29 is 56.3 Å². The zero-order valence-electron chi connectivity index (χ0n) is 33.4. The fraction of sp³-hybridized carbons (Fsp3) is 0.273. The normalized spacial score (nSPS) is 12.5. The highest BCUT2D eigenvalue weighted by Gasteiger charge is 2.23. The highest BCUT2D eigenvalue weighted by Crippen LogP contribution is 2.40. The zero-order valence-corrected chi connectivity index (χ0v) is 35.0. The summed E-state index contributed by atoms with van der Waals surface area (Å²) in [6, 6.07) is 22.5. The van der Waals surface area contributed by atoms with Gasteiger partial charge < -0.3 is 39.0 Å². The number of halogens is 4. The molecule has 2 heterocycles. The van der Waals surface area contributed by atoms with Crippen LogP contribution in [-0.4, -0.2) is 57.6 Å². The summed E-state index contributed by atoms with van der Waals surface area (Å²) in [5.41, 5.74) is 6.64. The van der Waals surface area contributed by atoms with E-state index in [1.54, 1.807) is 85.8 Å². The number of hydrogen-bond acceptors (Lipinski definition) is 12. The molecule has 0 radical (unpaired) electrons. The number of aromatic nitrogens is 2. The molecule has 6 aromatic rings. The van der Waals surface area contributed by atoms with E-state index in [-0.39, 0.29) is 46.3 Å². The summed E-state index contributed by atoms with van der Waals surface area (Å²) in [6.45, 7) is -1.43. The summed E-state index contributed by atoms with van der Waals surface area (Å²) in [6.07, 6.45) is 7.06. The minimum Gasteiger partial charge on any atom is -0.487 e. The molecule has 62 heavy (non-hydrogen) atoms. The molecule has 18 heteroatoms. The summed E-state index contributed by atoms with van der Waals surface area (Å²) in [7, 11) is 0. The lowest BCUT2D eigenvalue weighted by molar-refractivity contribution is -0.0525. The molecule has 0 aliphatic heterocycles. The van der Waals surface area contributed by atoms with Crippen molar-refractivity contribution >= 4 is 57.4 Å². The van der Waals surface area contributed by atoms with Crippen LogP contribution in [0.2, 0.25) is 0 Å². The van der Waals surface area contributed by atoms with Crippen LogP contribution >= 0.6 is 22.7 Å². The fourth-order valence-electron chi connectivity index (χ4n) is 6.52. The summed E-state index contributed by atoms with van der Waals surface area (Å²) < 4.78 is 72.5. The van der Waals surface area contributed by atoms with E-state index in [0.29, 0.717) is 24.5 Å². The average molecular weight is 895 g/mol. The minimum atomic E-state index is -2.97. The summed E-state index contributed by atoms with van der Waals surface area (Å²) >= 11 is 2.96. The summed E-state index contributed by atoms with van der Waals surface area (Å²) in [5, 5.41) is 18.4. The van der Waals surface area contributed by atoms with Crippen LogP contribution in [0.3, 0.4) is 0 Å². The van der Waals surface area contributed by atoms with Crippen LogP contribution in [-0.2, 0) is 13.1 Å². The number of benzene rings is 4. The first-order chi connectivity index (χ1) is 29.8. The Morgan fingerprint density at radius 2 is 1.05 bits per heavy atom. The first kappa shape index (κ1) is 45.1. The van der Waals surface area contributed by atoms with Gasteiger partial charge in [0.1, 0.15) is 0 Å². The van der Waals surface area contributed by atoms with E-state index in [9.17, 15) is 32.3 Å². The van der Waals surface area contributed by atoms with Crippen molar-refractivity contribution in [2.24, 2.45) is 0 Å². The lowest BCUT2D eigenvalue weighted by Crippen LogP contribution is -2.17. The quantitative estimate of drug-likeness (QED) is 0.0793. The monoisotopic (exact) mass is 894 g/mol. The molecule has 0 saturated heterocycles. The molecule has 1 fully saturated rings. The predicted octanol–water partition coefficient (Wildman–Crippen LogP) is 11.7. The Morgan fingerprint density at radius 1 is 0.629 bits per heavy atom. The van der Waals surface area contributed by atoms with Gasteiger partial charge in [-0.05, 0) is 112 Å². The number of thiazole rings is 2. The fourth-order valence-corrected chi connectivity index (χ4v) is 7.69. The van der Waals surface area contributed by atoms with Crippen LogP contribution in [0.5, 0.6) is 23.0 Å². The maximum absolute atomic E-state index is 13.0. The van der Waals surface area contributed by atoms with Crippen molar-refractivity contribution in [1.29, 1.82) is 0 Å². The van der Waals surface area contributed by atoms with Crippen molar-refractivity contribution in [2.75, 3.05) is 9.80 Å². The maximum Gasteiger partial charge on any atom is 0.387 e. The standard InChI is InChI=1S/C23H22F2N2O4S.C21H20F2N2O4S/c24-23(25)31-20-10-9-17(11-21(20)30-18-3-1-2-4-18)27(13-19-12-26-14-32-19)16-7-5-15(6-8-16)22(28)29;1-13(2)28-19-9-16(7-8-18(19)29-21(22)23)25(11-17-10-24-12-30-17)15-5-3-14(4-6-15)20(26)27/h5-12,14,18,23H,1-4,13H2,(H,28,29);3-10,12-13,21H,11H2,1-2H3,(H,26,27). The number of nitrogens with zero attached hydrogens (tertiary/aromatic N) is 4. The molecule has 1 aliphatic carbocycles. The van der Waals surface area contributed by atoms with Crippen LogP contribution in [0.15, 0.2) is 108 Å². The number of carbonyl (C=O) groups is 2. The van der Waals surface area contributed by atoms with E-state index >= 15 is 0 Å². The van der Waals surface area contributed by atoms with Gasteiger partial charge in [-0.2, -0.15) is 17.6 Å². The van der Waals surface area contributed by atoms with Crippen molar-refractivity contribution in [2.45, 2.75) is 78.1 Å². The molecular formula is C44H42F4N4O8S2. The maximum atomic E-state index is 13.0. The number of aromatic carboxylic acids is 2. The Labute approximate surface area is 362 Å². The van der Waals surface area contributed by atoms with Crippen molar-refractivity contribution in [3.63, 3.8) is 0 Å². The largest absolute Gasteiger partial charge is 0.487 e. The van der Waals surface area contributed by atoms with Gasteiger partial charge >= 0.3 is 25.2 Å². The van der Waals surface area contributed by atoms with Gasteiger partial charge in [0.15, 0.2) is 23.0 Å². The molecular weight excluding hydrogens is 853 g/mol. The van der Waals surface area contributed by atoms with Gasteiger partial charge in [-0.3, -0.25) is 9.97 Å². The number of hydrogen-bond donors (Lipinski definition) is 2. The van der Waals surface area contributed by atoms with E-state index in [4.69, 9.17) is 19.3 Å². The lowest BCUT2D eigenvalue weighted by Gasteiger charge is -2.26. The molecule has 7 rings (SSSR count). The van der Waals surface area contributed by atoms with Crippen LogP contribution in [0, 0.1) is 0 Å². The SMILES string of the molecule is CC(C)Oc1cc(N(Cc2cncs2)c2ccc(C(=O)O)cc2)ccc1OC(F)F.O=C(O)c1ccc(N(Cc2cncs2)c2ccc(OC(F)F)c(OC3CCCC3)c2)cc1. The van der Waals surface area contributed by atoms with Crippen molar-refractivity contribution in [3.8, 4) is 23.0 Å². The van der Waals surface area contributed by atoms with Gasteiger partial charge in [0, 0.05) is 57.0 Å². The Kier molecular flexibility index (Phi) is 15.6. The van der Waals surface area contributed by atoms with Crippen LogP contribution < -0.4 is 28.7 Å². The second-order valence-corrected chi connectivity index (χ2v) is 16.0. The average Bonchev–Trinajstić information content (AvgIpc) is 4.06. The molecule has 1 saturated carbocycles. The smallest absolute Gasteiger partial charge is 0.387 e. The second-order valence-electron chi connectivity index (χ2n) is 14.0. The van der Waals surface area contributed by atoms with E-state index in [1.165, 1.54) is 59.1 Å². The number of alkyl halides is 4. The van der Waals surface area contributed by atoms with E-state index in [0.717, 1.165) is 46.8 Å². The van der Waals surface area contributed by atoms with Gasteiger partial charge in [0.05, 0.1) is 47.4 Å². The molecule has 12 nitrogen and oxygen atoms in total. The van der Waals surface area contributed by atoms with Crippen LogP contribution in [0.25, 0.3) is 0 Å². The molecule has 0 atom stereocenters. The predicted molar refractivity (Wildman–Crippen MR) is 228 cm³/mol. The molecule has 1 aliphatic rings. The number of carboxylic acids is 2. The number of anilines is 4. The van der Waals surface area contributed by atoms with E-state index in [1.807, 2.05) is 9.80 Å². The molecule has 0 spiro atoms. The molecule has 2 aromatic heterocycles. The molecule has 0 unspecified atom stereocenters. The minimum absolute atomic E-state index is 0.00499. The molecule has 326 valence electrons. The first-order valence-corrected chi connectivity index (χ1v) is 21.1. The third-order valence-corrected chi connectivity index (χ3v) is 10.8. The second kappa shape index (κ2) is 21.4. The van der Waals surface area contributed by atoms with E-state index < -0.39 is 25.2 Å².